The monoisotopic (exact) mass is 628 g/mol. The number of carbonyl (C=O) groups is 2. The number of aliphatic hydroxyl groups is 2. The number of amides is 1. The molecule has 0 unspecified atom stereocenters. The highest BCUT2D eigenvalue weighted by atomic mass is 16.5. The zero-order chi connectivity index (χ0) is 32.7. The number of rotatable bonds is 8. The van der Waals surface area contributed by atoms with Gasteiger partial charge in [0.15, 0.2) is 0 Å². The van der Waals surface area contributed by atoms with E-state index in [1.54, 1.807) is 0 Å². The van der Waals surface area contributed by atoms with Crippen molar-refractivity contribution in [3.63, 3.8) is 0 Å². The molecule has 5 rings (SSSR count). The fourth-order valence-electron chi connectivity index (χ4n) is 11.1. The number of nitrogens with zero attached hydrogens (tertiary/aromatic N) is 1. The van der Waals surface area contributed by atoms with Crippen LogP contribution in [-0.2, 0) is 19.1 Å². The Labute approximate surface area is 271 Å². The van der Waals surface area contributed by atoms with Gasteiger partial charge in [0.05, 0.1) is 25.4 Å². The molecule has 0 aromatic heterocycles. The standard InChI is InChI=1S/C37H60N2O6/c1-23(2)9-8-10-26(34(43)38-15-16-39-17-19-44-20-18-39)32-28-21-30(42)33-35(5)13-12-29(41)24(3)27(35)11-14-36(33,6)37(28,7)22-31(32)45-25(4)40/h9,24,27-31,33,41-42H,8,10-22H2,1-7H3,(H,38,43)/b32-26-/t24-,27-,28-,29+,30+,31-,33-,35-,36-,37-/m0/s1. The number of hydrogen-bond acceptors (Lipinski definition) is 7. The van der Waals surface area contributed by atoms with Crippen molar-refractivity contribution in [1.29, 1.82) is 0 Å². The lowest BCUT2D eigenvalue weighted by molar-refractivity contribution is -0.234. The van der Waals surface area contributed by atoms with E-state index in [1.165, 1.54) is 12.5 Å². The Bertz CT molecular complexity index is 1170. The predicted molar refractivity (Wildman–Crippen MR) is 175 cm³/mol. The number of nitrogens with one attached hydrogen (secondary N) is 1. The van der Waals surface area contributed by atoms with Gasteiger partial charge < -0.3 is 25.0 Å². The fraction of sp³-hybridized carbons (Fsp3) is 0.838. The van der Waals surface area contributed by atoms with Crippen molar-refractivity contribution in [2.24, 2.45) is 39.9 Å². The van der Waals surface area contributed by atoms with Crippen molar-refractivity contribution in [3.8, 4) is 0 Å². The van der Waals surface area contributed by atoms with Gasteiger partial charge in [-0.15, -0.1) is 0 Å². The number of fused-ring (bicyclic) bond motifs is 5. The van der Waals surface area contributed by atoms with Crippen LogP contribution in [0.5, 0.6) is 0 Å². The fourth-order valence-corrected chi connectivity index (χ4v) is 11.1. The largest absolute Gasteiger partial charge is 0.458 e. The van der Waals surface area contributed by atoms with Crippen LogP contribution in [0.15, 0.2) is 22.8 Å². The summed E-state index contributed by atoms with van der Waals surface area (Å²) in [6.45, 7) is 19.4. The molecule has 0 radical (unpaired) electrons. The second-order valence-corrected chi connectivity index (χ2v) is 16.1. The van der Waals surface area contributed by atoms with Crippen molar-refractivity contribution in [2.75, 3.05) is 39.4 Å². The van der Waals surface area contributed by atoms with Crippen LogP contribution in [0, 0.1) is 39.9 Å². The summed E-state index contributed by atoms with van der Waals surface area (Å²) in [5.41, 5.74) is 2.34. The molecule has 1 heterocycles. The van der Waals surface area contributed by atoms with Crippen LogP contribution in [0.2, 0.25) is 0 Å². The Morgan fingerprint density at radius 3 is 2.42 bits per heavy atom. The van der Waals surface area contributed by atoms with Crippen molar-refractivity contribution >= 4 is 11.9 Å². The molecule has 0 spiro atoms. The van der Waals surface area contributed by atoms with Crippen LogP contribution in [0.3, 0.4) is 0 Å². The first-order valence-electron chi connectivity index (χ1n) is 17.7. The molecule has 0 aromatic carbocycles. The predicted octanol–water partition coefficient (Wildman–Crippen LogP) is 5.03. The van der Waals surface area contributed by atoms with E-state index in [0.717, 1.165) is 76.1 Å². The van der Waals surface area contributed by atoms with E-state index in [2.05, 4.69) is 57.8 Å². The summed E-state index contributed by atoms with van der Waals surface area (Å²) in [5.74, 6) is 0.192. The second-order valence-electron chi connectivity index (χ2n) is 16.1. The van der Waals surface area contributed by atoms with E-state index >= 15 is 0 Å². The number of hydrogen-bond donors (Lipinski definition) is 3. The molecule has 8 nitrogen and oxygen atoms in total. The SMILES string of the molecule is CC(=O)O[C@H]1C[C@@]2(C)[C@@H](C[C@@H](O)[C@H]3[C@@]4(C)CC[C@@H](O)[C@@H](C)[C@@H]4CC[C@@]32C)/C1=C(\CCC=C(C)C)C(=O)NCCN1CCOCC1. The first-order chi connectivity index (χ1) is 21.2. The van der Waals surface area contributed by atoms with E-state index in [4.69, 9.17) is 9.47 Å². The zero-order valence-electron chi connectivity index (χ0n) is 29.0. The van der Waals surface area contributed by atoms with Crippen LogP contribution < -0.4 is 5.32 Å². The van der Waals surface area contributed by atoms with E-state index in [-0.39, 0.29) is 52.0 Å². The lowest BCUT2D eigenvalue weighted by Gasteiger charge is -2.69. The van der Waals surface area contributed by atoms with Gasteiger partial charge in [0.1, 0.15) is 6.10 Å². The molecular weight excluding hydrogens is 568 g/mol. The van der Waals surface area contributed by atoms with Crippen LogP contribution >= 0.6 is 0 Å². The summed E-state index contributed by atoms with van der Waals surface area (Å²) >= 11 is 0. The van der Waals surface area contributed by atoms with Crippen LogP contribution in [-0.4, -0.2) is 84.7 Å². The Hall–Kier alpha value is -1.74. The highest BCUT2D eigenvalue weighted by Gasteiger charge is 2.70. The van der Waals surface area contributed by atoms with Crippen LogP contribution in [0.1, 0.15) is 99.8 Å². The first-order valence-corrected chi connectivity index (χ1v) is 17.7. The Morgan fingerprint density at radius 1 is 1.04 bits per heavy atom. The lowest BCUT2D eigenvalue weighted by Crippen LogP contribution is -2.65. The van der Waals surface area contributed by atoms with Crippen LogP contribution in [0.25, 0.3) is 0 Å². The van der Waals surface area contributed by atoms with Gasteiger partial charge >= 0.3 is 5.97 Å². The summed E-state index contributed by atoms with van der Waals surface area (Å²) in [6.07, 6.45) is 7.07. The molecule has 8 heteroatoms. The van der Waals surface area contributed by atoms with Gasteiger partial charge in [-0.05, 0) is 111 Å². The summed E-state index contributed by atoms with van der Waals surface area (Å²) in [4.78, 5) is 29.0. The van der Waals surface area contributed by atoms with Gasteiger partial charge in [-0.3, -0.25) is 14.5 Å². The van der Waals surface area contributed by atoms with Gasteiger partial charge in [0.2, 0.25) is 5.91 Å². The van der Waals surface area contributed by atoms with E-state index in [1.807, 2.05) is 0 Å². The number of esters is 1. The summed E-state index contributed by atoms with van der Waals surface area (Å²) in [6, 6.07) is 0. The molecule has 4 saturated carbocycles. The Morgan fingerprint density at radius 2 is 1.76 bits per heavy atom. The maximum absolute atomic E-state index is 14.1. The summed E-state index contributed by atoms with van der Waals surface area (Å²) < 4.78 is 11.6. The molecule has 1 aliphatic heterocycles. The number of carbonyl (C=O) groups excluding carboxylic acids is 2. The molecule has 1 saturated heterocycles. The highest BCUT2D eigenvalue weighted by Crippen LogP contribution is 2.74. The zero-order valence-corrected chi connectivity index (χ0v) is 29.0. The second kappa shape index (κ2) is 13.4. The average molecular weight is 629 g/mol. The third-order valence-corrected chi connectivity index (χ3v) is 13.4. The summed E-state index contributed by atoms with van der Waals surface area (Å²) in [7, 11) is 0. The molecule has 0 bridgehead atoms. The molecule has 254 valence electrons. The van der Waals surface area contributed by atoms with E-state index in [0.29, 0.717) is 31.7 Å². The quantitative estimate of drug-likeness (QED) is 0.197. The van der Waals surface area contributed by atoms with Crippen molar-refractivity contribution < 1.29 is 29.3 Å². The first kappa shape index (κ1) is 34.6. The average Bonchev–Trinajstić information content (AvgIpc) is 3.24. The van der Waals surface area contributed by atoms with Crippen LogP contribution in [0.4, 0.5) is 0 Å². The van der Waals surface area contributed by atoms with Gasteiger partial charge in [0.25, 0.3) is 0 Å². The van der Waals surface area contributed by atoms with Crippen molar-refractivity contribution in [2.45, 2.75) is 118 Å². The molecule has 4 aliphatic carbocycles. The molecule has 5 aliphatic rings. The lowest BCUT2D eigenvalue weighted by atomic mass is 9.36. The third-order valence-electron chi connectivity index (χ3n) is 13.4. The van der Waals surface area contributed by atoms with Gasteiger partial charge in [-0.25, -0.2) is 0 Å². The normalized spacial score (nSPS) is 42.6. The third kappa shape index (κ3) is 6.30. The topological polar surface area (TPSA) is 108 Å². The molecule has 10 atom stereocenters. The Balaban J connectivity index is 1.52. The molecule has 45 heavy (non-hydrogen) atoms. The van der Waals surface area contributed by atoms with E-state index < -0.39 is 12.2 Å². The van der Waals surface area contributed by atoms with Gasteiger partial charge in [-0.2, -0.15) is 0 Å². The summed E-state index contributed by atoms with van der Waals surface area (Å²) in [5, 5.41) is 26.2. The minimum Gasteiger partial charge on any atom is -0.458 e. The van der Waals surface area contributed by atoms with Crippen molar-refractivity contribution in [3.05, 3.63) is 22.8 Å². The van der Waals surface area contributed by atoms with Crippen molar-refractivity contribution in [1.82, 2.24) is 10.2 Å². The molecular formula is C37H60N2O6. The number of aliphatic hydroxyl groups excluding tert-OH is 2. The molecule has 3 N–H and O–H groups in total. The number of allylic oxidation sites excluding steroid dienone is 2. The van der Waals surface area contributed by atoms with E-state index in [9.17, 15) is 19.8 Å². The molecule has 0 aromatic rings. The van der Waals surface area contributed by atoms with Gasteiger partial charge in [-0.1, -0.05) is 39.3 Å². The Kier molecular flexibility index (Phi) is 10.3. The number of morpholine rings is 1. The smallest absolute Gasteiger partial charge is 0.303 e. The minimum atomic E-state index is -0.530. The highest BCUT2D eigenvalue weighted by molar-refractivity contribution is 5.94. The number of ether oxygens (including phenoxy) is 2. The molecule has 1 amide bonds. The molecule has 5 fully saturated rings. The minimum absolute atomic E-state index is 0.0587. The maximum Gasteiger partial charge on any atom is 0.303 e. The van der Waals surface area contributed by atoms with Gasteiger partial charge in [0, 0.05) is 38.7 Å². The maximum atomic E-state index is 14.1.